The fourth-order valence-corrected chi connectivity index (χ4v) is 2.03. The van der Waals surface area contributed by atoms with Crippen molar-refractivity contribution >= 4 is 28.8 Å². The molecular weight excluding hydrogens is 314 g/mol. The van der Waals surface area contributed by atoms with Crippen LogP contribution < -0.4 is 11.0 Å². The van der Waals surface area contributed by atoms with Gasteiger partial charge in [-0.1, -0.05) is 12.1 Å². The quantitative estimate of drug-likeness (QED) is 0.381. The zero-order chi connectivity index (χ0) is 17.1. The molecule has 0 aliphatic carbocycles. The summed E-state index contributed by atoms with van der Waals surface area (Å²) in [7, 11) is 0. The molecule has 1 aromatic heterocycles. The fourth-order valence-electron chi connectivity index (χ4n) is 2.03. The number of H-pyrrole nitrogens is 1. The third-order valence-electron chi connectivity index (χ3n) is 3.20. The van der Waals surface area contributed by atoms with Crippen molar-refractivity contribution in [1.82, 2.24) is 9.97 Å². The Bertz CT molecular complexity index is 1010. The van der Waals surface area contributed by atoms with E-state index in [9.17, 15) is 20.0 Å². The van der Waals surface area contributed by atoms with Crippen molar-refractivity contribution in [1.29, 1.82) is 0 Å². The minimum Gasteiger partial charge on any atom is -0.507 e. The first-order valence-electron chi connectivity index (χ1n) is 6.80. The molecule has 0 aliphatic heterocycles. The van der Waals surface area contributed by atoms with Crippen molar-refractivity contribution in [3.05, 3.63) is 68.5 Å². The van der Waals surface area contributed by atoms with Gasteiger partial charge in [0.25, 0.3) is 11.2 Å². The average molecular weight is 325 g/mol. The van der Waals surface area contributed by atoms with Crippen LogP contribution in [-0.4, -0.2) is 26.2 Å². The van der Waals surface area contributed by atoms with Crippen LogP contribution in [0, 0.1) is 10.1 Å². The van der Waals surface area contributed by atoms with Crippen LogP contribution in [0.15, 0.2) is 52.4 Å². The smallest absolute Gasteiger partial charge is 0.293 e. The summed E-state index contributed by atoms with van der Waals surface area (Å²) < 4.78 is 0. The van der Waals surface area contributed by atoms with E-state index in [0.717, 1.165) is 0 Å². The highest BCUT2D eigenvalue weighted by Crippen LogP contribution is 2.21. The molecule has 0 spiro atoms. The van der Waals surface area contributed by atoms with E-state index in [1.165, 1.54) is 24.4 Å². The van der Waals surface area contributed by atoms with Gasteiger partial charge in [0.15, 0.2) is 0 Å². The summed E-state index contributed by atoms with van der Waals surface area (Å²) in [6.07, 6.45) is 1.17. The molecule has 9 heteroatoms. The van der Waals surface area contributed by atoms with E-state index >= 15 is 0 Å². The summed E-state index contributed by atoms with van der Waals surface area (Å²) in [5.41, 5.74) is 3.12. The molecule has 0 fully saturated rings. The molecule has 3 N–H and O–H groups in total. The molecule has 0 saturated heterocycles. The lowest BCUT2D eigenvalue weighted by Gasteiger charge is -2.02. The number of nitro benzene ring substituents is 1. The second kappa shape index (κ2) is 6.16. The molecule has 3 aromatic rings. The molecule has 1 heterocycles. The maximum absolute atomic E-state index is 11.9. The van der Waals surface area contributed by atoms with Crippen LogP contribution in [0.25, 0.3) is 11.0 Å². The zero-order valence-corrected chi connectivity index (χ0v) is 12.1. The van der Waals surface area contributed by atoms with Crippen LogP contribution in [-0.2, 0) is 0 Å². The summed E-state index contributed by atoms with van der Waals surface area (Å²) >= 11 is 0. The molecule has 0 unspecified atom stereocenters. The van der Waals surface area contributed by atoms with Crippen LogP contribution >= 0.6 is 0 Å². The molecule has 0 atom stereocenters. The standard InChI is InChI=1S/C15H11N5O4/c21-13-6-5-10(20(23)24)7-9(13)8-16-19-14-15(22)18-12-4-2-1-3-11(12)17-14/h1-8,21H,(H,17,19)(H,18,22)/b16-8+. The lowest BCUT2D eigenvalue weighted by molar-refractivity contribution is -0.384. The highest BCUT2D eigenvalue weighted by molar-refractivity contribution is 5.85. The number of nitrogens with zero attached hydrogens (tertiary/aromatic N) is 3. The SMILES string of the molecule is O=c1[nH]c2ccccc2nc1N/N=C/c1cc([N+](=O)[O-])ccc1O. The number of aromatic amines is 1. The van der Waals surface area contributed by atoms with Crippen molar-refractivity contribution in [3.63, 3.8) is 0 Å². The van der Waals surface area contributed by atoms with Crippen LogP contribution in [0.4, 0.5) is 11.5 Å². The van der Waals surface area contributed by atoms with E-state index in [1.807, 2.05) is 0 Å². The van der Waals surface area contributed by atoms with Crippen molar-refractivity contribution in [2.75, 3.05) is 5.43 Å². The number of hydrazone groups is 1. The number of hydrogen-bond donors (Lipinski definition) is 3. The van der Waals surface area contributed by atoms with E-state index in [1.54, 1.807) is 24.3 Å². The van der Waals surface area contributed by atoms with Gasteiger partial charge >= 0.3 is 0 Å². The number of benzene rings is 2. The fraction of sp³-hybridized carbons (Fsp3) is 0. The van der Waals surface area contributed by atoms with E-state index in [4.69, 9.17) is 0 Å². The van der Waals surface area contributed by atoms with Crippen molar-refractivity contribution < 1.29 is 10.0 Å². The normalized spacial score (nSPS) is 11.0. The maximum atomic E-state index is 11.9. The van der Waals surface area contributed by atoms with Gasteiger partial charge in [0.1, 0.15) is 5.75 Å². The molecule has 0 radical (unpaired) electrons. The van der Waals surface area contributed by atoms with Crippen LogP contribution in [0.2, 0.25) is 0 Å². The molecule has 3 rings (SSSR count). The van der Waals surface area contributed by atoms with Crippen molar-refractivity contribution in [2.24, 2.45) is 5.10 Å². The summed E-state index contributed by atoms with van der Waals surface area (Å²) in [5, 5.41) is 24.2. The van der Waals surface area contributed by atoms with Crippen molar-refractivity contribution in [3.8, 4) is 5.75 Å². The summed E-state index contributed by atoms with van der Waals surface area (Å²) in [6.45, 7) is 0. The number of phenols is 1. The van der Waals surface area contributed by atoms with Gasteiger partial charge in [-0.15, -0.1) is 0 Å². The van der Waals surface area contributed by atoms with Crippen molar-refractivity contribution in [2.45, 2.75) is 0 Å². The molecular formula is C15H11N5O4. The Labute approximate surface area is 134 Å². The number of hydrogen-bond acceptors (Lipinski definition) is 7. The second-order valence-electron chi connectivity index (χ2n) is 4.80. The molecule has 24 heavy (non-hydrogen) atoms. The minimum atomic E-state index is -0.584. The molecule has 0 saturated carbocycles. The van der Waals surface area contributed by atoms with E-state index < -0.39 is 10.5 Å². The molecule has 0 aliphatic rings. The monoisotopic (exact) mass is 325 g/mol. The third kappa shape index (κ3) is 3.04. The van der Waals surface area contributed by atoms with Gasteiger partial charge in [0.05, 0.1) is 22.2 Å². The number of aromatic hydroxyl groups is 1. The molecule has 9 nitrogen and oxygen atoms in total. The Hall–Kier alpha value is -3.75. The summed E-state index contributed by atoms with van der Waals surface area (Å²) in [6, 6.07) is 10.5. The summed E-state index contributed by atoms with van der Waals surface area (Å²) in [4.78, 5) is 28.8. The minimum absolute atomic E-state index is 0.0325. The van der Waals surface area contributed by atoms with Gasteiger partial charge in [0.2, 0.25) is 5.82 Å². The number of anilines is 1. The number of non-ortho nitro benzene ring substituents is 1. The van der Waals surface area contributed by atoms with Gasteiger partial charge in [-0.25, -0.2) is 4.98 Å². The lowest BCUT2D eigenvalue weighted by atomic mass is 10.2. The second-order valence-corrected chi connectivity index (χ2v) is 4.80. The first-order valence-corrected chi connectivity index (χ1v) is 6.80. The lowest BCUT2D eigenvalue weighted by Crippen LogP contribution is -2.13. The number of phenolic OH excluding ortho intramolecular Hbond substituents is 1. The van der Waals surface area contributed by atoms with Gasteiger partial charge in [-0.05, 0) is 18.2 Å². The average Bonchev–Trinajstić information content (AvgIpc) is 2.56. The molecule has 0 amide bonds. The van der Waals surface area contributed by atoms with Crippen LogP contribution in [0.1, 0.15) is 5.56 Å². The Kier molecular flexibility index (Phi) is 3.89. The molecule has 2 aromatic carbocycles. The maximum Gasteiger partial charge on any atom is 0.293 e. The largest absolute Gasteiger partial charge is 0.507 e. The number of nitrogens with one attached hydrogen (secondary N) is 2. The third-order valence-corrected chi connectivity index (χ3v) is 3.20. The Morgan fingerprint density at radius 2 is 2.08 bits per heavy atom. The number of nitro groups is 1. The molecule has 0 bridgehead atoms. The number of aromatic nitrogens is 2. The van der Waals surface area contributed by atoms with E-state index in [-0.39, 0.29) is 22.8 Å². The van der Waals surface area contributed by atoms with Crippen LogP contribution in [0.5, 0.6) is 5.75 Å². The first-order chi connectivity index (χ1) is 11.5. The number of para-hydroxylation sites is 2. The predicted molar refractivity (Wildman–Crippen MR) is 88.3 cm³/mol. The molecule has 120 valence electrons. The number of fused-ring (bicyclic) bond motifs is 1. The Balaban J connectivity index is 1.87. The predicted octanol–water partition coefficient (Wildman–Crippen LogP) is 1.98. The first kappa shape index (κ1) is 15.2. The van der Waals surface area contributed by atoms with E-state index in [2.05, 4.69) is 20.5 Å². The van der Waals surface area contributed by atoms with Gasteiger partial charge in [-0.2, -0.15) is 5.10 Å². The highest BCUT2D eigenvalue weighted by Gasteiger charge is 2.09. The number of rotatable bonds is 4. The van der Waals surface area contributed by atoms with Crippen LogP contribution in [0.3, 0.4) is 0 Å². The zero-order valence-electron chi connectivity index (χ0n) is 12.1. The van der Waals surface area contributed by atoms with Gasteiger partial charge in [0, 0.05) is 17.7 Å². The van der Waals surface area contributed by atoms with E-state index in [0.29, 0.717) is 11.0 Å². The highest BCUT2D eigenvalue weighted by atomic mass is 16.6. The van der Waals surface area contributed by atoms with Gasteiger partial charge in [-0.3, -0.25) is 20.3 Å². The summed E-state index contributed by atoms with van der Waals surface area (Å²) in [5.74, 6) is -0.207. The van der Waals surface area contributed by atoms with Gasteiger partial charge < -0.3 is 10.1 Å². The Morgan fingerprint density at radius 1 is 1.29 bits per heavy atom. The Morgan fingerprint density at radius 3 is 2.88 bits per heavy atom. The topological polar surface area (TPSA) is 134 Å².